The van der Waals surface area contributed by atoms with Gasteiger partial charge in [-0.1, -0.05) is 29.8 Å². The van der Waals surface area contributed by atoms with Crippen molar-refractivity contribution in [2.24, 2.45) is 0 Å². The smallest absolute Gasteiger partial charge is 0.353 e. The number of ether oxygens (including phenoxy) is 2. The molecule has 0 aliphatic carbocycles. The van der Waals surface area contributed by atoms with Crippen molar-refractivity contribution in [1.82, 2.24) is 4.90 Å². The minimum Gasteiger partial charge on any atom is -0.490 e. The van der Waals surface area contributed by atoms with Crippen LogP contribution < -0.4 is 9.64 Å². The van der Waals surface area contributed by atoms with Crippen molar-refractivity contribution >= 4 is 23.5 Å². The van der Waals surface area contributed by atoms with E-state index in [0.29, 0.717) is 17.0 Å². The van der Waals surface area contributed by atoms with E-state index in [1.807, 2.05) is 45.0 Å². The van der Waals surface area contributed by atoms with E-state index in [0.717, 1.165) is 5.56 Å². The third-order valence-corrected chi connectivity index (χ3v) is 5.75. The maximum atomic E-state index is 13.4. The number of esters is 1. The number of amides is 2. The predicted molar refractivity (Wildman–Crippen MR) is 115 cm³/mol. The molecule has 0 radical (unpaired) electrons. The van der Waals surface area contributed by atoms with Crippen molar-refractivity contribution in [3.8, 4) is 5.75 Å². The number of para-hydroxylation sites is 1. The lowest BCUT2D eigenvalue weighted by Crippen LogP contribution is -2.70. The predicted octanol–water partition coefficient (Wildman–Crippen LogP) is 3.30. The lowest BCUT2D eigenvalue weighted by Gasteiger charge is -2.50. The standard InChI is InChI=1S/C24H26N2O5/c1-16(2)25-22(28)19-6-4-5-7-20(19)26-21(27)12-13-24(25,26)23(29)31-15-14-30-18-10-8-17(3)9-11-18/h4-11,16H,12-15H2,1-3H3/t24-/m0/s1. The molecular weight excluding hydrogens is 396 g/mol. The number of carbonyl (C=O) groups excluding carboxylic acids is 3. The van der Waals surface area contributed by atoms with Crippen LogP contribution in [-0.2, 0) is 14.3 Å². The molecule has 7 nitrogen and oxygen atoms in total. The van der Waals surface area contributed by atoms with Gasteiger partial charge in [-0.15, -0.1) is 0 Å². The van der Waals surface area contributed by atoms with Gasteiger partial charge < -0.3 is 14.4 Å². The first-order chi connectivity index (χ1) is 14.9. The number of rotatable bonds is 6. The number of anilines is 1. The van der Waals surface area contributed by atoms with E-state index in [9.17, 15) is 14.4 Å². The number of nitrogens with zero attached hydrogens (tertiary/aromatic N) is 2. The normalized spacial score (nSPS) is 20.0. The summed E-state index contributed by atoms with van der Waals surface area (Å²) in [7, 11) is 0. The first-order valence-corrected chi connectivity index (χ1v) is 10.5. The molecule has 31 heavy (non-hydrogen) atoms. The van der Waals surface area contributed by atoms with E-state index >= 15 is 0 Å². The van der Waals surface area contributed by atoms with E-state index in [1.165, 1.54) is 9.80 Å². The molecule has 1 fully saturated rings. The van der Waals surface area contributed by atoms with Crippen LogP contribution in [0.5, 0.6) is 5.75 Å². The van der Waals surface area contributed by atoms with Gasteiger partial charge in [0.2, 0.25) is 11.6 Å². The molecule has 0 spiro atoms. The summed E-state index contributed by atoms with van der Waals surface area (Å²) >= 11 is 0. The van der Waals surface area contributed by atoms with Crippen LogP contribution >= 0.6 is 0 Å². The quantitative estimate of drug-likeness (QED) is 0.527. The van der Waals surface area contributed by atoms with Gasteiger partial charge in [-0.2, -0.15) is 0 Å². The molecule has 0 saturated carbocycles. The zero-order valence-corrected chi connectivity index (χ0v) is 18.0. The Hall–Kier alpha value is -3.35. The Bertz CT molecular complexity index is 1020. The highest BCUT2D eigenvalue weighted by atomic mass is 16.6. The second kappa shape index (κ2) is 8.06. The Morgan fingerprint density at radius 2 is 1.77 bits per heavy atom. The van der Waals surface area contributed by atoms with E-state index in [1.54, 1.807) is 24.3 Å². The van der Waals surface area contributed by atoms with Crippen molar-refractivity contribution in [3.05, 3.63) is 59.7 Å². The lowest BCUT2D eigenvalue weighted by molar-refractivity contribution is -0.159. The number of hydrogen-bond donors (Lipinski definition) is 0. The molecule has 2 amide bonds. The zero-order chi connectivity index (χ0) is 22.2. The minimum absolute atomic E-state index is 0.0122. The SMILES string of the molecule is Cc1ccc(OCCOC(=O)[C@]23CCC(=O)N2c2ccccc2C(=O)N3C(C)C)cc1. The van der Waals surface area contributed by atoms with E-state index in [-0.39, 0.29) is 43.9 Å². The van der Waals surface area contributed by atoms with Crippen LogP contribution in [0.1, 0.15) is 42.6 Å². The molecule has 0 aromatic heterocycles. The third-order valence-electron chi connectivity index (χ3n) is 5.75. The van der Waals surface area contributed by atoms with Crippen LogP contribution in [0.15, 0.2) is 48.5 Å². The Balaban J connectivity index is 1.58. The molecule has 0 unspecified atom stereocenters. The van der Waals surface area contributed by atoms with Gasteiger partial charge in [-0.05, 0) is 45.0 Å². The zero-order valence-electron chi connectivity index (χ0n) is 18.0. The number of carbonyl (C=O) groups is 3. The number of aryl methyl sites for hydroxylation is 1. The third kappa shape index (κ3) is 3.44. The summed E-state index contributed by atoms with van der Waals surface area (Å²) in [4.78, 5) is 42.5. The molecule has 2 aliphatic heterocycles. The van der Waals surface area contributed by atoms with Crippen molar-refractivity contribution in [2.45, 2.75) is 45.3 Å². The van der Waals surface area contributed by atoms with Crippen LogP contribution in [0.4, 0.5) is 5.69 Å². The van der Waals surface area contributed by atoms with E-state index in [2.05, 4.69) is 0 Å². The number of fused-ring (bicyclic) bond motifs is 3. The first kappa shape index (κ1) is 20.9. The molecule has 2 aromatic rings. The summed E-state index contributed by atoms with van der Waals surface area (Å²) in [5, 5.41) is 0. The molecule has 1 atom stereocenters. The topological polar surface area (TPSA) is 76.1 Å². The Kier molecular flexibility index (Phi) is 5.43. The van der Waals surface area contributed by atoms with Gasteiger partial charge in [0.05, 0.1) is 11.3 Å². The maximum Gasteiger partial charge on any atom is 0.353 e. The second-order valence-electron chi connectivity index (χ2n) is 8.13. The average molecular weight is 422 g/mol. The van der Waals surface area contributed by atoms with Gasteiger partial charge in [0.25, 0.3) is 5.91 Å². The first-order valence-electron chi connectivity index (χ1n) is 10.5. The van der Waals surface area contributed by atoms with Gasteiger partial charge in [0, 0.05) is 18.9 Å². The molecule has 2 aliphatic rings. The largest absolute Gasteiger partial charge is 0.490 e. The monoisotopic (exact) mass is 422 g/mol. The van der Waals surface area contributed by atoms with Crippen molar-refractivity contribution in [2.75, 3.05) is 18.1 Å². The van der Waals surface area contributed by atoms with Gasteiger partial charge in [0.15, 0.2) is 0 Å². The van der Waals surface area contributed by atoms with Gasteiger partial charge in [-0.25, -0.2) is 4.79 Å². The highest BCUT2D eigenvalue weighted by molar-refractivity contribution is 6.15. The summed E-state index contributed by atoms with van der Waals surface area (Å²) in [5.74, 6) is -0.395. The molecule has 0 N–H and O–H groups in total. The van der Waals surface area contributed by atoms with Crippen molar-refractivity contribution < 1.29 is 23.9 Å². The van der Waals surface area contributed by atoms with E-state index in [4.69, 9.17) is 9.47 Å². The molecule has 7 heteroatoms. The molecule has 1 saturated heterocycles. The molecule has 4 rings (SSSR count). The summed E-state index contributed by atoms with van der Waals surface area (Å²) in [6.07, 6.45) is 0.363. The minimum atomic E-state index is -1.47. The summed E-state index contributed by atoms with van der Waals surface area (Å²) in [5.41, 5.74) is 0.526. The van der Waals surface area contributed by atoms with E-state index < -0.39 is 11.6 Å². The van der Waals surface area contributed by atoms with Crippen LogP contribution in [0.25, 0.3) is 0 Å². The summed E-state index contributed by atoms with van der Waals surface area (Å²) in [6, 6.07) is 14.2. The van der Waals surface area contributed by atoms with Crippen molar-refractivity contribution in [3.63, 3.8) is 0 Å². The molecule has 0 bridgehead atoms. The van der Waals surface area contributed by atoms with Crippen LogP contribution in [0, 0.1) is 6.92 Å². The van der Waals surface area contributed by atoms with Crippen LogP contribution in [0.3, 0.4) is 0 Å². The Labute approximate surface area is 181 Å². The number of benzene rings is 2. The maximum absolute atomic E-state index is 13.4. The molecule has 162 valence electrons. The molecular formula is C24H26N2O5. The van der Waals surface area contributed by atoms with Gasteiger partial charge >= 0.3 is 5.97 Å². The molecule has 2 aromatic carbocycles. The van der Waals surface area contributed by atoms with Crippen LogP contribution in [-0.4, -0.2) is 47.6 Å². The van der Waals surface area contributed by atoms with Gasteiger partial charge in [-0.3, -0.25) is 14.5 Å². The summed E-state index contributed by atoms with van der Waals surface area (Å²) in [6.45, 7) is 5.84. The highest BCUT2D eigenvalue weighted by Gasteiger charge is 2.62. The Morgan fingerprint density at radius 3 is 2.48 bits per heavy atom. The lowest BCUT2D eigenvalue weighted by atomic mass is 9.95. The van der Waals surface area contributed by atoms with Crippen LogP contribution in [0.2, 0.25) is 0 Å². The fraction of sp³-hybridized carbons (Fsp3) is 0.375. The summed E-state index contributed by atoms with van der Waals surface area (Å²) < 4.78 is 11.2. The Morgan fingerprint density at radius 1 is 1.06 bits per heavy atom. The highest BCUT2D eigenvalue weighted by Crippen LogP contribution is 2.45. The second-order valence-corrected chi connectivity index (χ2v) is 8.13. The van der Waals surface area contributed by atoms with Crippen molar-refractivity contribution in [1.29, 1.82) is 0 Å². The fourth-order valence-corrected chi connectivity index (χ4v) is 4.42. The average Bonchev–Trinajstić information content (AvgIpc) is 3.10. The molecule has 2 heterocycles. The fourth-order valence-electron chi connectivity index (χ4n) is 4.42. The van der Waals surface area contributed by atoms with Gasteiger partial charge in [0.1, 0.15) is 19.0 Å². The number of hydrogen-bond acceptors (Lipinski definition) is 5.